The molecule has 1 amide bonds. The average molecular weight is 311 g/mol. The number of hydrogen-bond donors (Lipinski definition) is 2. The van der Waals surface area contributed by atoms with Gasteiger partial charge in [-0.3, -0.25) is 4.79 Å². The van der Waals surface area contributed by atoms with Crippen LogP contribution in [0.1, 0.15) is 30.4 Å². The second-order valence-corrected chi connectivity index (χ2v) is 5.66. The van der Waals surface area contributed by atoms with Crippen molar-refractivity contribution in [2.75, 3.05) is 6.54 Å². The van der Waals surface area contributed by atoms with Crippen molar-refractivity contribution in [2.24, 2.45) is 0 Å². The first-order valence-electron chi connectivity index (χ1n) is 6.43. The van der Waals surface area contributed by atoms with Gasteiger partial charge in [0.2, 0.25) is 5.91 Å². The molecular weight excluding hydrogens is 292 g/mol. The summed E-state index contributed by atoms with van der Waals surface area (Å²) in [5, 5.41) is 6.28. The van der Waals surface area contributed by atoms with Crippen LogP contribution >= 0.6 is 15.9 Å². The quantitative estimate of drug-likeness (QED) is 0.900. The van der Waals surface area contributed by atoms with E-state index in [0.717, 1.165) is 36.8 Å². The van der Waals surface area contributed by atoms with Crippen LogP contribution in [0.4, 0.5) is 0 Å². The molecular formula is C14H19BrN2O. The molecule has 2 N–H and O–H groups in total. The highest BCUT2D eigenvalue weighted by Crippen LogP contribution is 2.17. The fourth-order valence-corrected chi connectivity index (χ4v) is 2.55. The molecule has 0 bridgehead atoms. The minimum atomic E-state index is -0.0485. The Balaban J connectivity index is 1.93. The van der Waals surface area contributed by atoms with Gasteiger partial charge in [0.1, 0.15) is 0 Å². The number of hydrogen-bond acceptors (Lipinski definition) is 2. The first-order valence-corrected chi connectivity index (χ1v) is 7.22. The molecule has 1 fully saturated rings. The van der Waals surface area contributed by atoms with Crippen molar-refractivity contribution in [1.29, 1.82) is 0 Å². The van der Waals surface area contributed by atoms with Crippen molar-refractivity contribution < 1.29 is 4.79 Å². The molecule has 1 unspecified atom stereocenters. The molecule has 0 spiro atoms. The zero-order valence-corrected chi connectivity index (χ0v) is 12.2. The average Bonchev–Trinajstić information content (AvgIpc) is 2.56. The maximum atomic E-state index is 11.8. The van der Waals surface area contributed by atoms with E-state index in [1.54, 1.807) is 0 Å². The lowest BCUT2D eigenvalue weighted by Crippen LogP contribution is -2.42. The maximum absolute atomic E-state index is 11.8. The third kappa shape index (κ3) is 3.56. The van der Waals surface area contributed by atoms with E-state index in [4.69, 9.17) is 0 Å². The van der Waals surface area contributed by atoms with Crippen LogP contribution in [-0.2, 0) is 11.3 Å². The van der Waals surface area contributed by atoms with E-state index in [1.807, 2.05) is 0 Å². The summed E-state index contributed by atoms with van der Waals surface area (Å²) in [6.45, 7) is 3.62. The number of benzene rings is 1. The molecule has 0 radical (unpaired) electrons. The minimum Gasteiger partial charge on any atom is -0.355 e. The molecule has 1 saturated heterocycles. The summed E-state index contributed by atoms with van der Waals surface area (Å²) in [5.41, 5.74) is 2.43. The van der Waals surface area contributed by atoms with Gasteiger partial charge in [0, 0.05) is 17.6 Å². The number of halogens is 1. The predicted molar refractivity (Wildman–Crippen MR) is 76.4 cm³/mol. The monoisotopic (exact) mass is 310 g/mol. The van der Waals surface area contributed by atoms with Gasteiger partial charge < -0.3 is 10.6 Å². The lowest BCUT2D eigenvalue weighted by Gasteiger charge is -2.15. The molecule has 18 heavy (non-hydrogen) atoms. The molecule has 1 aliphatic heterocycles. The van der Waals surface area contributed by atoms with Crippen molar-refractivity contribution in [3.63, 3.8) is 0 Å². The van der Waals surface area contributed by atoms with E-state index >= 15 is 0 Å². The third-order valence-electron chi connectivity index (χ3n) is 3.32. The van der Waals surface area contributed by atoms with Crippen LogP contribution < -0.4 is 10.6 Å². The normalized spacial score (nSPS) is 20.3. The number of rotatable bonds is 3. The molecule has 1 atom stereocenters. The summed E-state index contributed by atoms with van der Waals surface area (Å²) < 4.78 is 1.12. The molecule has 0 aliphatic carbocycles. The summed E-state index contributed by atoms with van der Waals surface area (Å²) in [5.74, 6) is 0.138. The van der Waals surface area contributed by atoms with Gasteiger partial charge in [0.15, 0.2) is 0 Å². The zero-order chi connectivity index (χ0) is 13.0. The molecule has 0 aromatic heterocycles. The lowest BCUT2D eigenvalue weighted by atomic mass is 10.1. The van der Waals surface area contributed by atoms with Gasteiger partial charge in [0.05, 0.1) is 6.04 Å². The van der Waals surface area contributed by atoms with E-state index in [1.165, 1.54) is 11.1 Å². The number of amides is 1. The number of carbonyl (C=O) groups is 1. The molecule has 1 aliphatic rings. The number of aryl methyl sites for hydroxylation is 1. The van der Waals surface area contributed by atoms with Gasteiger partial charge in [-0.25, -0.2) is 0 Å². The van der Waals surface area contributed by atoms with Gasteiger partial charge in [-0.05, 0) is 43.4 Å². The van der Waals surface area contributed by atoms with Gasteiger partial charge in [-0.2, -0.15) is 0 Å². The Morgan fingerprint density at radius 3 is 3.06 bits per heavy atom. The topological polar surface area (TPSA) is 41.1 Å². The van der Waals surface area contributed by atoms with Crippen LogP contribution in [0.2, 0.25) is 0 Å². The van der Waals surface area contributed by atoms with E-state index in [-0.39, 0.29) is 11.9 Å². The Bertz CT molecular complexity index is 434. The fraction of sp³-hybridized carbons (Fsp3) is 0.500. The fourth-order valence-electron chi connectivity index (χ4n) is 2.12. The Morgan fingerprint density at radius 1 is 1.44 bits per heavy atom. The Morgan fingerprint density at radius 2 is 2.28 bits per heavy atom. The van der Waals surface area contributed by atoms with Gasteiger partial charge in [-0.15, -0.1) is 0 Å². The SMILES string of the molecule is Cc1ccc(CNC2CCCCNC2=O)cc1Br. The highest BCUT2D eigenvalue weighted by molar-refractivity contribution is 9.10. The highest BCUT2D eigenvalue weighted by Gasteiger charge is 2.19. The van der Waals surface area contributed by atoms with E-state index in [9.17, 15) is 4.79 Å². The van der Waals surface area contributed by atoms with E-state index in [2.05, 4.69) is 51.7 Å². The molecule has 3 nitrogen and oxygen atoms in total. The number of nitrogens with one attached hydrogen (secondary N) is 2. The molecule has 2 rings (SSSR count). The molecule has 1 aromatic carbocycles. The number of carbonyl (C=O) groups excluding carboxylic acids is 1. The summed E-state index contributed by atoms with van der Waals surface area (Å²) in [6, 6.07) is 6.25. The lowest BCUT2D eigenvalue weighted by molar-refractivity contribution is -0.122. The molecule has 1 heterocycles. The Hall–Kier alpha value is -0.870. The first-order chi connectivity index (χ1) is 8.66. The largest absolute Gasteiger partial charge is 0.355 e. The van der Waals surface area contributed by atoms with E-state index < -0.39 is 0 Å². The summed E-state index contributed by atoms with van der Waals surface area (Å²) in [4.78, 5) is 11.8. The van der Waals surface area contributed by atoms with Crippen molar-refractivity contribution in [2.45, 2.75) is 38.8 Å². The van der Waals surface area contributed by atoms with Crippen LogP contribution in [0.25, 0.3) is 0 Å². The summed E-state index contributed by atoms with van der Waals surface area (Å²) in [6.07, 6.45) is 3.12. The summed E-state index contributed by atoms with van der Waals surface area (Å²) in [7, 11) is 0. The second kappa shape index (κ2) is 6.34. The third-order valence-corrected chi connectivity index (χ3v) is 4.18. The zero-order valence-electron chi connectivity index (χ0n) is 10.6. The Kier molecular flexibility index (Phi) is 4.78. The van der Waals surface area contributed by atoms with Crippen molar-refractivity contribution in [3.8, 4) is 0 Å². The second-order valence-electron chi connectivity index (χ2n) is 4.80. The van der Waals surface area contributed by atoms with Crippen LogP contribution in [-0.4, -0.2) is 18.5 Å². The summed E-state index contributed by atoms with van der Waals surface area (Å²) >= 11 is 3.53. The highest BCUT2D eigenvalue weighted by atomic mass is 79.9. The van der Waals surface area contributed by atoms with Crippen molar-refractivity contribution >= 4 is 21.8 Å². The minimum absolute atomic E-state index is 0.0485. The standard InChI is InChI=1S/C14H19BrN2O/c1-10-5-6-11(8-12(10)15)9-17-13-4-2-3-7-16-14(13)18/h5-6,8,13,17H,2-4,7,9H2,1H3,(H,16,18). The molecule has 4 heteroatoms. The van der Waals surface area contributed by atoms with Crippen molar-refractivity contribution in [3.05, 3.63) is 33.8 Å². The van der Waals surface area contributed by atoms with Crippen LogP contribution in [0, 0.1) is 6.92 Å². The van der Waals surface area contributed by atoms with Gasteiger partial charge in [0.25, 0.3) is 0 Å². The smallest absolute Gasteiger partial charge is 0.237 e. The van der Waals surface area contributed by atoms with Crippen LogP contribution in [0.5, 0.6) is 0 Å². The Labute approximate surface area is 116 Å². The van der Waals surface area contributed by atoms with Crippen LogP contribution in [0.3, 0.4) is 0 Å². The molecule has 0 saturated carbocycles. The maximum Gasteiger partial charge on any atom is 0.237 e. The van der Waals surface area contributed by atoms with Gasteiger partial charge in [-0.1, -0.05) is 28.1 Å². The van der Waals surface area contributed by atoms with Gasteiger partial charge >= 0.3 is 0 Å². The first kappa shape index (κ1) is 13.6. The van der Waals surface area contributed by atoms with Crippen molar-refractivity contribution in [1.82, 2.24) is 10.6 Å². The predicted octanol–water partition coefficient (Wildman–Crippen LogP) is 2.52. The molecule has 98 valence electrons. The van der Waals surface area contributed by atoms with E-state index in [0.29, 0.717) is 0 Å². The molecule has 1 aromatic rings. The van der Waals surface area contributed by atoms with Crippen LogP contribution in [0.15, 0.2) is 22.7 Å².